The summed E-state index contributed by atoms with van der Waals surface area (Å²) in [5.41, 5.74) is 2.39. The minimum atomic E-state index is -0.281. The molecule has 1 atom stereocenters. The number of amides is 2. The summed E-state index contributed by atoms with van der Waals surface area (Å²) < 4.78 is 5.64. The highest BCUT2D eigenvalue weighted by Crippen LogP contribution is 2.20. The molecular formula is C26H28N2O3. The van der Waals surface area contributed by atoms with Crippen LogP contribution in [0.2, 0.25) is 0 Å². The molecule has 0 bridgehead atoms. The number of ether oxygens (including phenoxy) is 1. The Kier molecular flexibility index (Phi) is 7.82. The van der Waals surface area contributed by atoms with Crippen molar-refractivity contribution >= 4 is 17.5 Å². The summed E-state index contributed by atoms with van der Waals surface area (Å²) in [6.07, 6.45) is 2.06. The summed E-state index contributed by atoms with van der Waals surface area (Å²) in [4.78, 5) is 25.6. The van der Waals surface area contributed by atoms with Crippen molar-refractivity contribution in [2.45, 2.75) is 32.7 Å². The summed E-state index contributed by atoms with van der Waals surface area (Å²) in [5.74, 6) is 0.211. The second-order valence-corrected chi connectivity index (χ2v) is 7.33. The summed E-state index contributed by atoms with van der Waals surface area (Å²) in [5, 5.41) is 5.84. The summed E-state index contributed by atoms with van der Waals surface area (Å²) in [7, 11) is 0. The topological polar surface area (TPSA) is 67.4 Å². The quantitative estimate of drug-likeness (QED) is 0.446. The molecule has 0 saturated carbocycles. The molecule has 0 spiro atoms. The van der Waals surface area contributed by atoms with Gasteiger partial charge in [0.1, 0.15) is 5.75 Å². The number of para-hydroxylation sites is 1. The summed E-state index contributed by atoms with van der Waals surface area (Å²) in [6, 6.07) is 23.6. The van der Waals surface area contributed by atoms with Crippen LogP contribution in [0.25, 0.3) is 0 Å². The number of hydrogen-bond donors (Lipinski definition) is 2. The van der Waals surface area contributed by atoms with E-state index in [2.05, 4.69) is 17.6 Å². The third kappa shape index (κ3) is 6.19. The van der Waals surface area contributed by atoms with Gasteiger partial charge in [0.2, 0.25) is 0 Å². The maximum absolute atomic E-state index is 12.9. The Morgan fingerprint density at radius 2 is 1.55 bits per heavy atom. The predicted octanol–water partition coefficient (Wildman–Crippen LogP) is 5.61. The lowest BCUT2D eigenvalue weighted by Gasteiger charge is -2.16. The van der Waals surface area contributed by atoms with Crippen LogP contribution in [0.15, 0.2) is 78.9 Å². The fourth-order valence-electron chi connectivity index (χ4n) is 3.12. The van der Waals surface area contributed by atoms with Crippen molar-refractivity contribution in [2.75, 3.05) is 11.9 Å². The second-order valence-electron chi connectivity index (χ2n) is 7.33. The van der Waals surface area contributed by atoms with E-state index in [1.54, 1.807) is 48.5 Å². The van der Waals surface area contributed by atoms with Crippen LogP contribution in [0.5, 0.6) is 5.75 Å². The first-order valence-electron chi connectivity index (χ1n) is 10.6. The fourth-order valence-corrected chi connectivity index (χ4v) is 3.12. The van der Waals surface area contributed by atoms with Crippen LogP contribution in [0.1, 0.15) is 59.0 Å². The van der Waals surface area contributed by atoms with E-state index in [9.17, 15) is 9.59 Å². The van der Waals surface area contributed by atoms with Crippen LogP contribution in [-0.4, -0.2) is 18.4 Å². The van der Waals surface area contributed by atoms with Gasteiger partial charge in [-0.15, -0.1) is 0 Å². The SMILES string of the molecule is CCCCOc1ccc(C(=O)Nc2ccccc2C(=O)N[C@@H](C)c2ccccc2)cc1. The smallest absolute Gasteiger partial charge is 0.255 e. The lowest BCUT2D eigenvalue weighted by Crippen LogP contribution is -2.28. The molecule has 5 heteroatoms. The van der Waals surface area contributed by atoms with Gasteiger partial charge in [-0.25, -0.2) is 0 Å². The average Bonchev–Trinajstić information content (AvgIpc) is 2.80. The van der Waals surface area contributed by atoms with Gasteiger partial charge in [-0.1, -0.05) is 55.8 Å². The van der Waals surface area contributed by atoms with Crippen LogP contribution in [0, 0.1) is 0 Å². The standard InChI is InChI=1S/C26H28N2O3/c1-3-4-18-31-22-16-14-21(15-17-22)25(29)28-24-13-9-8-12-23(24)26(30)27-19(2)20-10-6-5-7-11-20/h5-17,19H,3-4,18H2,1-2H3,(H,27,30)(H,28,29)/t19-/m0/s1. The lowest BCUT2D eigenvalue weighted by molar-refractivity contribution is 0.0940. The molecule has 0 fully saturated rings. The minimum absolute atomic E-state index is 0.155. The molecule has 2 amide bonds. The average molecular weight is 417 g/mol. The highest BCUT2D eigenvalue weighted by Gasteiger charge is 2.16. The molecule has 0 aliphatic rings. The molecule has 3 rings (SSSR count). The van der Waals surface area contributed by atoms with Gasteiger partial charge < -0.3 is 15.4 Å². The van der Waals surface area contributed by atoms with Crippen molar-refractivity contribution in [1.82, 2.24) is 5.32 Å². The Bertz CT molecular complexity index is 1000. The van der Waals surface area contributed by atoms with Gasteiger partial charge in [-0.2, -0.15) is 0 Å². The van der Waals surface area contributed by atoms with Crippen molar-refractivity contribution in [2.24, 2.45) is 0 Å². The zero-order valence-electron chi connectivity index (χ0n) is 17.9. The zero-order valence-corrected chi connectivity index (χ0v) is 17.9. The number of carbonyl (C=O) groups is 2. The van der Waals surface area contributed by atoms with Crippen LogP contribution in [0.3, 0.4) is 0 Å². The molecule has 3 aromatic rings. The number of benzene rings is 3. The first-order chi connectivity index (χ1) is 15.1. The molecule has 31 heavy (non-hydrogen) atoms. The maximum atomic E-state index is 12.9. The van der Waals surface area contributed by atoms with Crippen LogP contribution >= 0.6 is 0 Å². The van der Waals surface area contributed by atoms with Gasteiger partial charge in [0, 0.05) is 5.56 Å². The molecule has 0 aliphatic heterocycles. The Morgan fingerprint density at radius 1 is 0.871 bits per heavy atom. The predicted molar refractivity (Wildman–Crippen MR) is 124 cm³/mol. The Balaban J connectivity index is 1.67. The van der Waals surface area contributed by atoms with Gasteiger partial charge in [0.15, 0.2) is 0 Å². The highest BCUT2D eigenvalue weighted by molar-refractivity contribution is 6.09. The Morgan fingerprint density at radius 3 is 2.26 bits per heavy atom. The number of nitrogens with one attached hydrogen (secondary N) is 2. The van der Waals surface area contributed by atoms with Crippen LogP contribution < -0.4 is 15.4 Å². The van der Waals surface area contributed by atoms with E-state index in [0.717, 1.165) is 24.2 Å². The van der Waals surface area contributed by atoms with Crippen molar-refractivity contribution in [3.05, 3.63) is 95.6 Å². The first kappa shape index (κ1) is 22.1. The first-order valence-corrected chi connectivity index (χ1v) is 10.6. The maximum Gasteiger partial charge on any atom is 0.255 e. The number of unbranched alkanes of at least 4 members (excludes halogenated alkanes) is 1. The van der Waals surface area contributed by atoms with Gasteiger partial charge >= 0.3 is 0 Å². The van der Waals surface area contributed by atoms with Crippen molar-refractivity contribution in [3.63, 3.8) is 0 Å². The number of carbonyl (C=O) groups excluding carboxylic acids is 2. The lowest BCUT2D eigenvalue weighted by atomic mass is 10.1. The molecule has 0 aromatic heterocycles. The fraction of sp³-hybridized carbons (Fsp3) is 0.231. The van der Waals surface area contributed by atoms with Crippen molar-refractivity contribution in [1.29, 1.82) is 0 Å². The van der Waals surface area contributed by atoms with Crippen LogP contribution in [-0.2, 0) is 0 Å². The van der Waals surface area contributed by atoms with E-state index in [4.69, 9.17) is 4.74 Å². The molecule has 3 aromatic carbocycles. The van der Waals surface area contributed by atoms with Crippen molar-refractivity contribution in [3.8, 4) is 5.75 Å². The third-order valence-corrected chi connectivity index (χ3v) is 4.95. The molecule has 2 N–H and O–H groups in total. The number of hydrogen-bond acceptors (Lipinski definition) is 3. The summed E-state index contributed by atoms with van der Waals surface area (Å²) in [6.45, 7) is 4.70. The normalized spacial score (nSPS) is 11.4. The molecule has 0 aliphatic carbocycles. The van der Waals surface area contributed by atoms with Gasteiger partial charge in [-0.3, -0.25) is 9.59 Å². The summed E-state index contributed by atoms with van der Waals surface area (Å²) >= 11 is 0. The molecule has 160 valence electrons. The number of anilines is 1. The van der Waals surface area contributed by atoms with Gasteiger partial charge in [-0.05, 0) is 55.3 Å². The third-order valence-electron chi connectivity index (χ3n) is 4.95. The van der Waals surface area contributed by atoms with E-state index in [1.165, 1.54) is 0 Å². The Labute approximate surface area is 183 Å². The molecular weight excluding hydrogens is 388 g/mol. The molecule has 5 nitrogen and oxygen atoms in total. The van der Waals surface area contributed by atoms with Crippen LogP contribution in [0.4, 0.5) is 5.69 Å². The van der Waals surface area contributed by atoms with E-state index < -0.39 is 0 Å². The van der Waals surface area contributed by atoms with Gasteiger partial charge in [0.05, 0.1) is 23.9 Å². The molecule has 0 radical (unpaired) electrons. The van der Waals surface area contributed by atoms with Gasteiger partial charge in [0.25, 0.3) is 11.8 Å². The monoisotopic (exact) mass is 416 g/mol. The molecule has 0 heterocycles. The van der Waals surface area contributed by atoms with Crippen molar-refractivity contribution < 1.29 is 14.3 Å². The minimum Gasteiger partial charge on any atom is -0.494 e. The molecule has 0 saturated heterocycles. The second kappa shape index (κ2) is 11.0. The van der Waals surface area contributed by atoms with E-state index in [-0.39, 0.29) is 17.9 Å². The van der Waals surface area contributed by atoms with E-state index in [1.807, 2.05) is 37.3 Å². The van der Waals surface area contributed by atoms with E-state index in [0.29, 0.717) is 23.4 Å². The zero-order chi connectivity index (χ0) is 22.1. The Hall–Kier alpha value is -3.60. The largest absolute Gasteiger partial charge is 0.494 e. The molecule has 0 unspecified atom stereocenters. The van der Waals surface area contributed by atoms with E-state index >= 15 is 0 Å². The highest BCUT2D eigenvalue weighted by atomic mass is 16.5. The number of rotatable bonds is 9.